The summed E-state index contributed by atoms with van der Waals surface area (Å²) in [5.41, 5.74) is 0.0544. The van der Waals surface area contributed by atoms with Crippen LogP contribution in [-0.2, 0) is 0 Å². The van der Waals surface area contributed by atoms with Crippen molar-refractivity contribution in [3.05, 3.63) is 33.9 Å². The zero-order valence-electron chi connectivity index (χ0n) is 11.4. The molecule has 6 nitrogen and oxygen atoms in total. The van der Waals surface area contributed by atoms with Crippen molar-refractivity contribution < 1.29 is 14.8 Å². The topological polar surface area (TPSA) is 92.5 Å². The second kappa shape index (κ2) is 5.48. The summed E-state index contributed by atoms with van der Waals surface area (Å²) in [4.78, 5) is 21.4. The lowest BCUT2D eigenvalue weighted by atomic mass is 9.83. The first-order chi connectivity index (χ1) is 9.41. The minimum Gasteiger partial charge on any atom is -0.478 e. The van der Waals surface area contributed by atoms with Crippen LogP contribution in [0.5, 0.6) is 0 Å². The van der Waals surface area contributed by atoms with E-state index in [1.54, 1.807) is 0 Å². The minimum atomic E-state index is -1.16. The van der Waals surface area contributed by atoms with Crippen LogP contribution in [0.25, 0.3) is 0 Å². The highest BCUT2D eigenvalue weighted by molar-refractivity contribution is 5.95. The van der Waals surface area contributed by atoms with Crippen molar-refractivity contribution in [3.63, 3.8) is 0 Å². The molecule has 0 unspecified atom stereocenters. The Bertz CT molecular complexity index is 536. The summed E-state index contributed by atoms with van der Waals surface area (Å²) in [5.74, 6) is -1.16. The molecule has 2 rings (SSSR count). The number of aromatic carboxylic acids is 1. The van der Waals surface area contributed by atoms with E-state index in [4.69, 9.17) is 0 Å². The van der Waals surface area contributed by atoms with Crippen molar-refractivity contribution in [2.45, 2.75) is 44.6 Å². The molecule has 0 aromatic heterocycles. The molecule has 0 heterocycles. The molecular formula is C14H18N2O4. The maximum absolute atomic E-state index is 11.3. The van der Waals surface area contributed by atoms with Gasteiger partial charge >= 0.3 is 5.97 Å². The highest BCUT2D eigenvalue weighted by Crippen LogP contribution is 2.33. The highest BCUT2D eigenvalue weighted by atomic mass is 16.6. The van der Waals surface area contributed by atoms with E-state index < -0.39 is 10.9 Å². The summed E-state index contributed by atoms with van der Waals surface area (Å²) < 4.78 is 0. The molecule has 0 saturated heterocycles. The fourth-order valence-electron chi connectivity index (χ4n) is 2.71. The number of benzene rings is 1. The lowest BCUT2D eigenvalue weighted by Crippen LogP contribution is -2.37. The van der Waals surface area contributed by atoms with E-state index in [1.165, 1.54) is 18.6 Å². The third kappa shape index (κ3) is 3.07. The molecule has 0 bridgehead atoms. The van der Waals surface area contributed by atoms with Crippen LogP contribution in [-0.4, -0.2) is 21.5 Å². The Morgan fingerprint density at radius 1 is 1.35 bits per heavy atom. The number of hydrogen-bond acceptors (Lipinski definition) is 4. The Balaban J connectivity index is 2.31. The van der Waals surface area contributed by atoms with Gasteiger partial charge in [-0.2, -0.15) is 0 Å². The molecule has 0 aliphatic heterocycles. The summed E-state index contributed by atoms with van der Waals surface area (Å²) in [6.45, 7) is 2.07. The van der Waals surface area contributed by atoms with Crippen molar-refractivity contribution in [2.75, 3.05) is 5.32 Å². The van der Waals surface area contributed by atoms with Gasteiger partial charge in [0.15, 0.2) is 0 Å². The predicted octanol–water partition coefficient (Wildman–Crippen LogP) is 3.43. The van der Waals surface area contributed by atoms with E-state index in [0.29, 0.717) is 5.69 Å². The van der Waals surface area contributed by atoms with E-state index in [0.717, 1.165) is 31.7 Å². The SMILES string of the molecule is CC1(Nc2ccc([N+](=O)[O-])cc2C(=O)O)CCCCC1. The zero-order valence-corrected chi connectivity index (χ0v) is 11.4. The summed E-state index contributed by atoms with van der Waals surface area (Å²) in [6.07, 6.45) is 5.37. The highest BCUT2D eigenvalue weighted by Gasteiger charge is 2.28. The van der Waals surface area contributed by atoms with Crippen LogP contribution in [0.2, 0.25) is 0 Å². The predicted molar refractivity (Wildman–Crippen MR) is 75.2 cm³/mol. The standard InChI is InChI=1S/C14H18N2O4/c1-14(7-3-2-4-8-14)15-12-6-5-10(16(19)20)9-11(12)13(17)18/h5-6,9,15H,2-4,7-8H2,1H3,(H,17,18). The van der Waals surface area contributed by atoms with Crippen LogP contribution in [0.1, 0.15) is 49.4 Å². The average molecular weight is 278 g/mol. The molecule has 1 aromatic rings. The van der Waals surface area contributed by atoms with Crippen LogP contribution in [0, 0.1) is 10.1 Å². The summed E-state index contributed by atoms with van der Waals surface area (Å²) in [6, 6.07) is 3.93. The summed E-state index contributed by atoms with van der Waals surface area (Å²) in [5, 5.41) is 23.2. The number of carboxylic acids is 1. The molecule has 0 radical (unpaired) electrons. The molecule has 0 amide bonds. The van der Waals surface area contributed by atoms with E-state index in [1.807, 2.05) is 0 Å². The molecule has 1 saturated carbocycles. The lowest BCUT2D eigenvalue weighted by molar-refractivity contribution is -0.384. The van der Waals surface area contributed by atoms with Gasteiger partial charge in [0.25, 0.3) is 5.69 Å². The molecule has 1 fully saturated rings. The van der Waals surface area contributed by atoms with Crippen LogP contribution >= 0.6 is 0 Å². The Labute approximate surface area is 117 Å². The van der Waals surface area contributed by atoms with Crippen molar-refractivity contribution in [1.82, 2.24) is 0 Å². The zero-order chi connectivity index (χ0) is 14.8. The molecule has 1 aliphatic rings. The van der Waals surface area contributed by atoms with Gasteiger partial charge in [-0.1, -0.05) is 19.3 Å². The Morgan fingerprint density at radius 3 is 2.55 bits per heavy atom. The first kappa shape index (κ1) is 14.3. The first-order valence-electron chi connectivity index (χ1n) is 6.71. The number of carbonyl (C=O) groups is 1. The van der Waals surface area contributed by atoms with Crippen molar-refractivity contribution >= 4 is 17.3 Å². The maximum Gasteiger partial charge on any atom is 0.338 e. The van der Waals surface area contributed by atoms with Gasteiger partial charge in [-0.15, -0.1) is 0 Å². The van der Waals surface area contributed by atoms with E-state index in [9.17, 15) is 20.0 Å². The van der Waals surface area contributed by atoms with Gasteiger partial charge in [0.2, 0.25) is 0 Å². The van der Waals surface area contributed by atoms with Gasteiger partial charge in [-0.05, 0) is 25.8 Å². The van der Waals surface area contributed by atoms with Gasteiger partial charge in [-0.3, -0.25) is 10.1 Å². The molecule has 20 heavy (non-hydrogen) atoms. The van der Waals surface area contributed by atoms with Gasteiger partial charge in [0.05, 0.1) is 10.5 Å². The number of nitro benzene ring substituents is 1. The molecule has 2 N–H and O–H groups in total. The van der Waals surface area contributed by atoms with Crippen LogP contribution in [0.15, 0.2) is 18.2 Å². The normalized spacial score (nSPS) is 17.4. The molecule has 0 spiro atoms. The third-order valence-electron chi connectivity index (χ3n) is 3.84. The number of nitrogens with one attached hydrogen (secondary N) is 1. The fraction of sp³-hybridized carbons (Fsp3) is 0.500. The monoisotopic (exact) mass is 278 g/mol. The third-order valence-corrected chi connectivity index (χ3v) is 3.84. The fourth-order valence-corrected chi connectivity index (χ4v) is 2.71. The largest absolute Gasteiger partial charge is 0.478 e. The Hall–Kier alpha value is -2.11. The van der Waals surface area contributed by atoms with Gasteiger partial charge < -0.3 is 10.4 Å². The van der Waals surface area contributed by atoms with E-state index in [-0.39, 0.29) is 16.8 Å². The van der Waals surface area contributed by atoms with Crippen molar-refractivity contribution in [1.29, 1.82) is 0 Å². The Kier molecular flexibility index (Phi) is 3.92. The quantitative estimate of drug-likeness (QED) is 0.650. The second-order valence-electron chi connectivity index (χ2n) is 5.54. The maximum atomic E-state index is 11.3. The molecule has 108 valence electrons. The van der Waals surface area contributed by atoms with Crippen molar-refractivity contribution in [3.8, 4) is 0 Å². The lowest BCUT2D eigenvalue weighted by Gasteiger charge is -2.36. The smallest absolute Gasteiger partial charge is 0.338 e. The first-order valence-corrected chi connectivity index (χ1v) is 6.71. The molecule has 0 atom stereocenters. The number of nitro groups is 1. The molecular weight excluding hydrogens is 260 g/mol. The number of carboxylic acid groups (broad SMARTS) is 1. The van der Waals surface area contributed by atoms with Gasteiger partial charge in [0, 0.05) is 23.4 Å². The van der Waals surface area contributed by atoms with Gasteiger partial charge in [0.1, 0.15) is 0 Å². The number of anilines is 1. The molecule has 1 aliphatic carbocycles. The summed E-state index contributed by atoms with van der Waals surface area (Å²) >= 11 is 0. The van der Waals surface area contributed by atoms with E-state index >= 15 is 0 Å². The van der Waals surface area contributed by atoms with Crippen LogP contribution in [0.3, 0.4) is 0 Å². The van der Waals surface area contributed by atoms with E-state index in [2.05, 4.69) is 12.2 Å². The molecule has 1 aromatic carbocycles. The van der Waals surface area contributed by atoms with Gasteiger partial charge in [-0.25, -0.2) is 4.79 Å². The molecule has 6 heteroatoms. The number of hydrogen-bond donors (Lipinski definition) is 2. The Morgan fingerprint density at radius 2 is 2.00 bits per heavy atom. The second-order valence-corrected chi connectivity index (χ2v) is 5.54. The van der Waals surface area contributed by atoms with Crippen LogP contribution < -0.4 is 5.32 Å². The van der Waals surface area contributed by atoms with Crippen LogP contribution in [0.4, 0.5) is 11.4 Å². The summed E-state index contributed by atoms with van der Waals surface area (Å²) in [7, 11) is 0. The number of nitrogens with zero attached hydrogens (tertiary/aromatic N) is 1. The minimum absolute atomic E-state index is 0.0500. The number of rotatable bonds is 4. The number of non-ortho nitro benzene ring substituents is 1. The average Bonchev–Trinajstić information content (AvgIpc) is 2.39. The van der Waals surface area contributed by atoms with Crippen molar-refractivity contribution in [2.24, 2.45) is 0 Å².